The van der Waals surface area contributed by atoms with E-state index in [0.29, 0.717) is 0 Å². The summed E-state index contributed by atoms with van der Waals surface area (Å²) in [5.41, 5.74) is 6.41. The van der Waals surface area contributed by atoms with Crippen LogP contribution in [-0.4, -0.2) is 0 Å². The van der Waals surface area contributed by atoms with Crippen LogP contribution < -0.4 is 4.90 Å². The molecular weight excluding hydrogens is 350 g/mol. The molecule has 0 aliphatic heterocycles. The van der Waals surface area contributed by atoms with Crippen LogP contribution in [0.5, 0.6) is 0 Å². The van der Waals surface area contributed by atoms with Gasteiger partial charge in [-0.05, 0) is 58.1 Å². The molecule has 4 aromatic carbocycles. The molecule has 4 aromatic rings. The van der Waals surface area contributed by atoms with Gasteiger partial charge >= 0.3 is 0 Å². The highest BCUT2D eigenvalue weighted by atomic mass is 15.1. The zero-order valence-electron chi connectivity index (χ0n) is 16.3. The van der Waals surface area contributed by atoms with Crippen molar-refractivity contribution in [1.29, 1.82) is 0 Å². The topological polar surface area (TPSA) is 3.24 Å². The molecule has 0 atom stereocenters. The summed E-state index contributed by atoms with van der Waals surface area (Å²) >= 11 is 0. The smallest absolute Gasteiger partial charge is 0.0481 e. The molecule has 0 aromatic heterocycles. The van der Waals surface area contributed by atoms with Gasteiger partial charge in [-0.25, -0.2) is 0 Å². The lowest BCUT2D eigenvalue weighted by molar-refractivity contribution is 0.974. The molecule has 1 nitrogen and oxygen atoms in total. The van der Waals surface area contributed by atoms with Gasteiger partial charge in [-0.15, -0.1) is 0 Å². The molecule has 0 fully saturated rings. The largest absolute Gasteiger partial charge is 0.337 e. The molecule has 0 saturated heterocycles. The zero-order chi connectivity index (χ0) is 19.5. The van der Waals surface area contributed by atoms with Crippen LogP contribution in [-0.2, 0) is 13.0 Å². The van der Waals surface area contributed by atoms with E-state index in [1.807, 2.05) is 0 Å². The van der Waals surface area contributed by atoms with E-state index in [-0.39, 0.29) is 0 Å². The monoisotopic (exact) mass is 373 g/mol. The van der Waals surface area contributed by atoms with Crippen molar-refractivity contribution in [2.75, 3.05) is 4.90 Å². The highest BCUT2D eigenvalue weighted by molar-refractivity contribution is 5.87. The number of rotatable bonds is 4. The fourth-order valence-electron chi connectivity index (χ4n) is 3.97. The van der Waals surface area contributed by atoms with Crippen molar-refractivity contribution in [1.82, 2.24) is 0 Å². The van der Waals surface area contributed by atoms with Gasteiger partial charge in [0, 0.05) is 17.9 Å². The highest BCUT2D eigenvalue weighted by Gasteiger charge is 2.13. The Kier molecular flexibility index (Phi) is 4.72. The standard InChI is InChI=1S/C28H23N/c1-3-9-22(10-4-1)21-29(28-18-16-24-12-7-8-14-26(24)20-28)27-17-15-23-11-5-2-6-13-25(23)19-27/h1-12,14-20H,13,21H2. The normalized spacial score (nSPS) is 12.6. The van der Waals surface area contributed by atoms with Crippen LogP contribution in [0.15, 0.2) is 109 Å². The maximum atomic E-state index is 2.42. The Morgan fingerprint density at radius 3 is 2.31 bits per heavy atom. The van der Waals surface area contributed by atoms with Crippen LogP contribution in [0, 0.1) is 0 Å². The van der Waals surface area contributed by atoms with Crippen molar-refractivity contribution in [2.45, 2.75) is 13.0 Å². The Balaban J connectivity index is 1.61. The van der Waals surface area contributed by atoms with Gasteiger partial charge in [-0.2, -0.15) is 0 Å². The van der Waals surface area contributed by atoms with E-state index in [2.05, 4.69) is 120 Å². The Labute approximate surface area is 172 Å². The van der Waals surface area contributed by atoms with Crippen molar-refractivity contribution in [3.8, 4) is 0 Å². The molecule has 5 rings (SSSR count). The van der Waals surface area contributed by atoms with Crippen LogP contribution >= 0.6 is 0 Å². The van der Waals surface area contributed by atoms with Gasteiger partial charge in [0.2, 0.25) is 0 Å². The van der Waals surface area contributed by atoms with Crippen molar-refractivity contribution in [3.63, 3.8) is 0 Å². The Hall–Kier alpha value is -3.58. The maximum absolute atomic E-state index is 2.42. The fourth-order valence-corrected chi connectivity index (χ4v) is 3.97. The molecule has 0 radical (unpaired) electrons. The van der Waals surface area contributed by atoms with Crippen molar-refractivity contribution in [3.05, 3.63) is 126 Å². The quantitative estimate of drug-likeness (QED) is 0.363. The number of benzene rings is 4. The molecule has 0 amide bonds. The lowest BCUT2D eigenvalue weighted by atomic mass is 10.0. The van der Waals surface area contributed by atoms with Gasteiger partial charge in [0.15, 0.2) is 0 Å². The summed E-state index contributed by atoms with van der Waals surface area (Å²) in [6.07, 6.45) is 9.64. The van der Waals surface area contributed by atoms with E-state index < -0.39 is 0 Å². The summed E-state index contributed by atoms with van der Waals surface area (Å²) in [7, 11) is 0. The number of fused-ring (bicyclic) bond motifs is 2. The lowest BCUT2D eigenvalue weighted by Crippen LogP contribution is -2.16. The molecule has 0 bridgehead atoms. The molecular formula is C28H23N. The number of anilines is 2. The van der Waals surface area contributed by atoms with Crippen LogP contribution in [0.25, 0.3) is 16.8 Å². The number of hydrogen-bond acceptors (Lipinski definition) is 1. The third kappa shape index (κ3) is 3.72. The highest BCUT2D eigenvalue weighted by Crippen LogP contribution is 2.32. The minimum atomic E-state index is 0.837. The zero-order valence-corrected chi connectivity index (χ0v) is 16.3. The van der Waals surface area contributed by atoms with Crippen molar-refractivity contribution >= 4 is 28.2 Å². The van der Waals surface area contributed by atoms with Gasteiger partial charge in [-0.1, -0.05) is 91.0 Å². The van der Waals surface area contributed by atoms with Crippen LogP contribution in [0.2, 0.25) is 0 Å². The predicted molar refractivity (Wildman–Crippen MR) is 125 cm³/mol. The summed E-state index contributed by atoms with van der Waals surface area (Å²) in [5.74, 6) is 0. The van der Waals surface area contributed by atoms with Gasteiger partial charge in [-0.3, -0.25) is 0 Å². The first-order chi connectivity index (χ1) is 14.4. The van der Waals surface area contributed by atoms with Gasteiger partial charge in [0.25, 0.3) is 0 Å². The third-order valence-corrected chi connectivity index (χ3v) is 5.53. The molecule has 0 spiro atoms. The summed E-state index contributed by atoms with van der Waals surface area (Å²) in [5, 5.41) is 2.54. The SMILES string of the molecule is C1=CCc2cc(N(Cc3ccccc3)c3ccc4ccccc4c3)ccc2C=C1. The number of nitrogens with zero attached hydrogens (tertiary/aromatic N) is 1. The van der Waals surface area contributed by atoms with E-state index in [9.17, 15) is 0 Å². The number of allylic oxidation sites excluding steroid dienone is 3. The molecule has 1 heteroatoms. The van der Waals surface area contributed by atoms with Crippen molar-refractivity contribution < 1.29 is 0 Å². The average Bonchev–Trinajstić information content (AvgIpc) is 3.03. The lowest BCUT2D eigenvalue weighted by Gasteiger charge is -2.26. The van der Waals surface area contributed by atoms with E-state index in [4.69, 9.17) is 0 Å². The van der Waals surface area contributed by atoms with Gasteiger partial charge in [0.05, 0.1) is 0 Å². The predicted octanol–water partition coefficient (Wildman–Crippen LogP) is 7.30. The molecule has 1 aliphatic rings. The van der Waals surface area contributed by atoms with E-state index in [0.717, 1.165) is 13.0 Å². The second-order valence-corrected chi connectivity index (χ2v) is 7.48. The summed E-state index contributed by atoms with van der Waals surface area (Å²) < 4.78 is 0. The molecule has 29 heavy (non-hydrogen) atoms. The van der Waals surface area contributed by atoms with E-state index >= 15 is 0 Å². The molecule has 0 unspecified atom stereocenters. The first kappa shape index (κ1) is 17.5. The summed E-state index contributed by atoms with van der Waals surface area (Å²) in [6.45, 7) is 0.837. The fraction of sp³-hybridized carbons (Fsp3) is 0.0714. The van der Waals surface area contributed by atoms with E-state index in [1.54, 1.807) is 0 Å². The molecule has 0 saturated carbocycles. The Bertz CT molecular complexity index is 1200. The Morgan fingerprint density at radius 1 is 0.655 bits per heavy atom. The van der Waals surface area contributed by atoms with Gasteiger partial charge in [0.1, 0.15) is 0 Å². The molecule has 0 N–H and O–H groups in total. The second kappa shape index (κ2) is 7.81. The first-order valence-corrected chi connectivity index (χ1v) is 10.1. The summed E-state index contributed by atoms with van der Waals surface area (Å²) in [6, 6.07) is 32.8. The minimum Gasteiger partial charge on any atom is -0.337 e. The van der Waals surface area contributed by atoms with Crippen LogP contribution in [0.3, 0.4) is 0 Å². The second-order valence-electron chi connectivity index (χ2n) is 7.48. The van der Waals surface area contributed by atoms with E-state index in [1.165, 1.54) is 38.8 Å². The molecule has 140 valence electrons. The third-order valence-electron chi connectivity index (χ3n) is 5.53. The molecule has 0 heterocycles. The minimum absolute atomic E-state index is 0.837. The first-order valence-electron chi connectivity index (χ1n) is 10.1. The summed E-state index contributed by atoms with van der Waals surface area (Å²) in [4.78, 5) is 2.42. The Morgan fingerprint density at radius 2 is 1.41 bits per heavy atom. The maximum Gasteiger partial charge on any atom is 0.0481 e. The average molecular weight is 373 g/mol. The number of hydrogen-bond donors (Lipinski definition) is 0. The van der Waals surface area contributed by atoms with Crippen LogP contribution in [0.1, 0.15) is 16.7 Å². The van der Waals surface area contributed by atoms with Crippen molar-refractivity contribution in [2.24, 2.45) is 0 Å². The van der Waals surface area contributed by atoms with Crippen LogP contribution in [0.4, 0.5) is 11.4 Å². The molecule has 1 aliphatic carbocycles. The van der Waals surface area contributed by atoms with Gasteiger partial charge < -0.3 is 4.90 Å².